The average molecular weight is 266 g/mol. The van der Waals surface area contributed by atoms with Gasteiger partial charge in [-0.25, -0.2) is 0 Å². The Hall–Kier alpha value is -0.570. The van der Waals surface area contributed by atoms with E-state index in [0.717, 1.165) is 37.6 Å². The molecule has 1 saturated carbocycles. The molecule has 4 atom stereocenters. The van der Waals surface area contributed by atoms with E-state index in [9.17, 15) is 4.79 Å². The number of nitrogens with one attached hydrogen (secondary N) is 1. The van der Waals surface area contributed by atoms with Crippen LogP contribution in [0.3, 0.4) is 0 Å². The Bertz CT molecular complexity index is 331. The van der Waals surface area contributed by atoms with E-state index in [4.69, 9.17) is 0 Å². The first kappa shape index (κ1) is 14.8. The van der Waals surface area contributed by atoms with Crippen molar-refractivity contribution >= 4 is 5.91 Å². The summed E-state index contributed by atoms with van der Waals surface area (Å²) in [4.78, 5) is 14.8. The first-order valence-electron chi connectivity index (χ1n) is 8.09. The fraction of sp³-hybridized carbons (Fsp3) is 0.938. The van der Waals surface area contributed by atoms with Gasteiger partial charge < -0.3 is 4.90 Å². The number of amides is 1. The smallest absolute Gasteiger partial charge is 0.243 e. The van der Waals surface area contributed by atoms with Crippen LogP contribution in [0.4, 0.5) is 0 Å². The van der Waals surface area contributed by atoms with E-state index < -0.39 is 0 Å². The van der Waals surface area contributed by atoms with E-state index >= 15 is 0 Å². The molecule has 0 bridgehead atoms. The maximum atomic E-state index is 12.7. The van der Waals surface area contributed by atoms with E-state index in [-0.39, 0.29) is 11.7 Å². The van der Waals surface area contributed by atoms with Crippen LogP contribution in [-0.2, 0) is 4.79 Å². The molecule has 1 amide bonds. The normalized spacial score (nSPS) is 39.3. The van der Waals surface area contributed by atoms with Gasteiger partial charge in [0, 0.05) is 6.54 Å². The molecule has 2 fully saturated rings. The van der Waals surface area contributed by atoms with Crippen molar-refractivity contribution in [2.24, 2.45) is 11.8 Å². The molecule has 0 aromatic rings. The number of carbonyl (C=O) groups excluding carboxylic acids is 1. The zero-order valence-electron chi connectivity index (χ0n) is 13.0. The molecule has 3 nitrogen and oxygen atoms in total. The van der Waals surface area contributed by atoms with Crippen molar-refractivity contribution in [3.05, 3.63) is 0 Å². The van der Waals surface area contributed by atoms with Gasteiger partial charge >= 0.3 is 0 Å². The summed E-state index contributed by atoms with van der Waals surface area (Å²) in [7, 11) is 0. The Kier molecular flexibility index (Phi) is 4.54. The van der Waals surface area contributed by atoms with Crippen molar-refractivity contribution in [2.75, 3.05) is 6.54 Å². The van der Waals surface area contributed by atoms with Gasteiger partial charge in [-0.3, -0.25) is 10.1 Å². The van der Waals surface area contributed by atoms with E-state index in [1.165, 1.54) is 19.3 Å². The third kappa shape index (κ3) is 2.96. The minimum atomic E-state index is -0.329. The molecule has 3 heteroatoms. The van der Waals surface area contributed by atoms with Gasteiger partial charge in [-0.1, -0.05) is 33.6 Å². The van der Waals surface area contributed by atoms with Crippen molar-refractivity contribution in [2.45, 2.75) is 77.9 Å². The van der Waals surface area contributed by atoms with Gasteiger partial charge in [0.1, 0.15) is 0 Å². The molecule has 110 valence electrons. The third-order valence-electron chi connectivity index (χ3n) is 5.12. The highest BCUT2D eigenvalue weighted by molar-refractivity contribution is 5.88. The maximum absolute atomic E-state index is 12.7. The fourth-order valence-electron chi connectivity index (χ4n) is 3.70. The molecule has 1 saturated heterocycles. The zero-order chi connectivity index (χ0) is 14.0. The Labute approximate surface area is 118 Å². The highest BCUT2D eigenvalue weighted by Gasteiger charge is 2.46. The van der Waals surface area contributed by atoms with Crippen LogP contribution in [0.25, 0.3) is 0 Å². The lowest BCUT2D eigenvalue weighted by Gasteiger charge is -2.27. The largest absolute Gasteiger partial charge is 0.325 e. The lowest BCUT2D eigenvalue weighted by atomic mass is 9.99. The van der Waals surface area contributed by atoms with Gasteiger partial charge in [-0.05, 0) is 44.4 Å². The van der Waals surface area contributed by atoms with Crippen LogP contribution in [0.2, 0.25) is 0 Å². The molecule has 1 N–H and O–H groups in total. The predicted molar refractivity (Wildman–Crippen MR) is 78.7 cm³/mol. The summed E-state index contributed by atoms with van der Waals surface area (Å²) in [6.07, 6.45) is 7.27. The number of carbonyl (C=O) groups is 1. The summed E-state index contributed by atoms with van der Waals surface area (Å²) in [6.45, 7) is 9.67. The molecular weight excluding hydrogens is 236 g/mol. The molecular formula is C16H30N2O. The molecule has 2 rings (SSSR count). The Morgan fingerprint density at radius 3 is 2.63 bits per heavy atom. The van der Waals surface area contributed by atoms with Crippen molar-refractivity contribution in [3.8, 4) is 0 Å². The van der Waals surface area contributed by atoms with Crippen LogP contribution in [0.1, 0.15) is 66.2 Å². The standard InChI is InChI=1S/C16H30N2O/c1-5-7-14-17-16(4,6-2)15(19)18(14)11-13-9-8-12(3)10-13/h12-14,17H,5-11H2,1-4H3. The SMILES string of the molecule is CCCC1NC(C)(CC)C(=O)N1CC1CCC(C)C1. The highest BCUT2D eigenvalue weighted by atomic mass is 16.2. The van der Waals surface area contributed by atoms with Crippen LogP contribution in [0.5, 0.6) is 0 Å². The third-order valence-corrected chi connectivity index (χ3v) is 5.12. The van der Waals surface area contributed by atoms with Crippen LogP contribution in [0.15, 0.2) is 0 Å². The number of nitrogens with zero attached hydrogens (tertiary/aromatic N) is 1. The number of hydrogen-bond donors (Lipinski definition) is 1. The maximum Gasteiger partial charge on any atom is 0.243 e. The van der Waals surface area contributed by atoms with Crippen molar-refractivity contribution in [1.29, 1.82) is 0 Å². The summed E-state index contributed by atoms with van der Waals surface area (Å²) < 4.78 is 0. The van der Waals surface area contributed by atoms with Gasteiger partial charge in [-0.15, -0.1) is 0 Å². The second kappa shape index (κ2) is 5.82. The van der Waals surface area contributed by atoms with E-state index in [1.54, 1.807) is 0 Å². The fourth-order valence-corrected chi connectivity index (χ4v) is 3.70. The van der Waals surface area contributed by atoms with Crippen molar-refractivity contribution in [3.63, 3.8) is 0 Å². The summed E-state index contributed by atoms with van der Waals surface area (Å²) in [5.74, 6) is 1.89. The van der Waals surface area contributed by atoms with Crippen molar-refractivity contribution in [1.82, 2.24) is 10.2 Å². The van der Waals surface area contributed by atoms with Crippen LogP contribution >= 0.6 is 0 Å². The zero-order valence-corrected chi connectivity index (χ0v) is 13.0. The van der Waals surface area contributed by atoms with Crippen LogP contribution < -0.4 is 5.32 Å². The molecule has 1 heterocycles. The van der Waals surface area contributed by atoms with Crippen LogP contribution in [-0.4, -0.2) is 29.1 Å². The highest BCUT2D eigenvalue weighted by Crippen LogP contribution is 2.34. The number of hydrogen-bond acceptors (Lipinski definition) is 2. The van der Waals surface area contributed by atoms with E-state index in [0.29, 0.717) is 5.91 Å². The number of rotatable bonds is 5. The lowest BCUT2D eigenvalue weighted by Crippen LogP contribution is -2.43. The quantitative estimate of drug-likeness (QED) is 0.829. The molecule has 4 unspecified atom stereocenters. The van der Waals surface area contributed by atoms with Gasteiger partial charge in [0.25, 0.3) is 0 Å². The molecule has 19 heavy (non-hydrogen) atoms. The Balaban J connectivity index is 2.04. The van der Waals surface area contributed by atoms with Gasteiger partial charge in [0.05, 0.1) is 11.7 Å². The first-order valence-corrected chi connectivity index (χ1v) is 8.09. The minimum absolute atomic E-state index is 0.262. The molecule has 0 radical (unpaired) electrons. The van der Waals surface area contributed by atoms with E-state index in [1.807, 2.05) is 0 Å². The average Bonchev–Trinajstić information content (AvgIpc) is 2.88. The Morgan fingerprint density at radius 2 is 2.11 bits per heavy atom. The summed E-state index contributed by atoms with van der Waals surface area (Å²) in [5, 5.41) is 3.58. The summed E-state index contributed by atoms with van der Waals surface area (Å²) in [6, 6.07) is 0. The monoisotopic (exact) mass is 266 g/mol. The lowest BCUT2D eigenvalue weighted by molar-refractivity contribution is -0.133. The van der Waals surface area contributed by atoms with Crippen molar-refractivity contribution < 1.29 is 4.79 Å². The molecule has 0 spiro atoms. The Morgan fingerprint density at radius 1 is 1.37 bits per heavy atom. The van der Waals surface area contributed by atoms with Gasteiger partial charge in [-0.2, -0.15) is 0 Å². The van der Waals surface area contributed by atoms with E-state index in [2.05, 4.69) is 37.9 Å². The summed E-state index contributed by atoms with van der Waals surface area (Å²) >= 11 is 0. The second-order valence-electron chi connectivity index (χ2n) is 6.88. The predicted octanol–water partition coefficient (Wildman–Crippen LogP) is 3.15. The van der Waals surface area contributed by atoms with Gasteiger partial charge in [0.2, 0.25) is 5.91 Å². The molecule has 1 aliphatic carbocycles. The minimum Gasteiger partial charge on any atom is -0.325 e. The summed E-state index contributed by atoms with van der Waals surface area (Å²) in [5.41, 5.74) is -0.329. The molecule has 0 aromatic carbocycles. The molecule has 0 aromatic heterocycles. The van der Waals surface area contributed by atoms with Crippen LogP contribution in [0, 0.1) is 11.8 Å². The topological polar surface area (TPSA) is 32.3 Å². The second-order valence-corrected chi connectivity index (χ2v) is 6.88. The van der Waals surface area contributed by atoms with Gasteiger partial charge in [0.15, 0.2) is 0 Å². The molecule has 1 aliphatic heterocycles. The molecule has 2 aliphatic rings. The first-order chi connectivity index (χ1) is 9.00.